The summed E-state index contributed by atoms with van der Waals surface area (Å²) in [4.78, 5) is 3.97. The summed E-state index contributed by atoms with van der Waals surface area (Å²) in [6.07, 6.45) is 5.12. The van der Waals surface area contributed by atoms with Crippen molar-refractivity contribution in [3.63, 3.8) is 0 Å². The monoisotopic (exact) mass is 226 g/mol. The molecule has 3 aromatic rings. The number of hydrogen-bond donors (Lipinski definition) is 1. The average Bonchev–Trinajstić information content (AvgIpc) is 2.85. The van der Waals surface area contributed by atoms with Gasteiger partial charge in [0, 0.05) is 18.9 Å². The second kappa shape index (κ2) is 4.17. The Morgan fingerprint density at radius 1 is 1.12 bits per heavy atom. The van der Waals surface area contributed by atoms with Crippen molar-refractivity contribution >= 4 is 11.5 Å². The molecule has 0 amide bonds. The first kappa shape index (κ1) is 9.71. The van der Waals surface area contributed by atoms with E-state index < -0.39 is 0 Å². The maximum atomic E-state index is 4.32. The molecule has 0 aliphatic heterocycles. The van der Waals surface area contributed by atoms with Gasteiger partial charge in [-0.15, -0.1) is 15.3 Å². The van der Waals surface area contributed by atoms with Crippen molar-refractivity contribution in [1.29, 1.82) is 0 Å². The fourth-order valence-electron chi connectivity index (χ4n) is 1.52. The van der Waals surface area contributed by atoms with Crippen LogP contribution in [0.3, 0.4) is 0 Å². The number of nitrogens with one attached hydrogen (secondary N) is 1. The molecule has 17 heavy (non-hydrogen) atoms. The number of aromatic nitrogens is 5. The highest BCUT2D eigenvalue weighted by atomic mass is 15.4. The van der Waals surface area contributed by atoms with Crippen molar-refractivity contribution in [2.75, 3.05) is 5.32 Å². The summed E-state index contributed by atoms with van der Waals surface area (Å²) in [5.41, 5.74) is 1.89. The minimum absolute atomic E-state index is 0.711. The van der Waals surface area contributed by atoms with Crippen molar-refractivity contribution in [2.45, 2.75) is 6.54 Å². The molecule has 0 unspecified atom stereocenters. The van der Waals surface area contributed by atoms with Crippen LogP contribution >= 0.6 is 0 Å². The van der Waals surface area contributed by atoms with Crippen LogP contribution in [-0.4, -0.2) is 24.8 Å². The van der Waals surface area contributed by atoms with Crippen LogP contribution in [0.4, 0.5) is 5.82 Å². The molecule has 0 bridgehead atoms. The van der Waals surface area contributed by atoms with Gasteiger partial charge in [0.25, 0.3) is 0 Å². The first-order valence-electron chi connectivity index (χ1n) is 5.22. The summed E-state index contributed by atoms with van der Waals surface area (Å²) in [6, 6.07) is 7.68. The number of pyridine rings is 1. The van der Waals surface area contributed by atoms with Crippen LogP contribution in [0.1, 0.15) is 5.56 Å². The van der Waals surface area contributed by atoms with E-state index in [4.69, 9.17) is 0 Å². The van der Waals surface area contributed by atoms with Crippen LogP contribution in [-0.2, 0) is 6.54 Å². The predicted molar refractivity (Wildman–Crippen MR) is 62.3 cm³/mol. The third kappa shape index (κ3) is 2.05. The van der Waals surface area contributed by atoms with E-state index in [2.05, 4.69) is 25.6 Å². The Kier molecular flexibility index (Phi) is 2.38. The molecule has 0 aliphatic rings. The van der Waals surface area contributed by atoms with Crippen molar-refractivity contribution in [1.82, 2.24) is 24.8 Å². The molecule has 0 saturated heterocycles. The highest BCUT2D eigenvalue weighted by Gasteiger charge is 1.98. The average molecular weight is 226 g/mol. The zero-order valence-electron chi connectivity index (χ0n) is 8.98. The summed E-state index contributed by atoms with van der Waals surface area (Å²) >= 11 is 0. The molecule has 0 aromatic carbocycles. The second-order valence-corrected chi connectivity index (χ2v) is 3.56. The molecule has 3 aromatic heterocycles. The van der Waals surface area contributed by atoms with Crippen LogP contribution in [0.25, 0.3) is 5.65 Å². The van der Waals surface area contributed by atoms with Gasteiger partial charge < -0.3 is 5.32 Å². The van der Waals surface area contributed by atoms with E-state index in [0.717, 1.165) is 17.0 Å². The maximum absolute atomic E-state index is 4.32. The topological polar surface area (TPSA) is 68.0 Å². The number of nitrogens with zero attached hydrogens (tertiary/aromatic N) is 5. The van der Waals surface area contributed by atoms with E-state index in [1.807, 2.05) is 24.3 Å². The van der Waals surface area contributed by atoms with Gasteiger partial charge in [-0.05, 0) is 29.8 Å². The zero-order valence-corrected chi connectivity index (χ0v) is 8.98. The van der Waals surface area contributed by atoms with E-state index in [-0.39, 0.29) is 0 Å². The SMILES string of the molecule is c1cc(CNc2ccc3nncn3n2)ccn1. The van der Waals surface area contributed by atoms with E-state index >= 15 is 0 Å². The molecule has 6 heteroatoms. The van der Waals surface area contributed by atoms with Gasteiger partial charge in [0.2, 0.25) is 0 Å². The van der Waals surface area contributed by atoms with Gasteiger partial charge in [-0.2, -0.15) is 4.52 Å². The molecule has 3 rings (SSSR count). The Morgan fingerprint density at radius 2 is 2.00 bits per heavy atom. The molecule has 0 fully saturated rings. The smallest absolute Gasteiger partial charge is 0.177 e. The Bertz CT molecular complexity index is 618. The molecule has 0 aliphatic carbocycles. The maximum Gasteiger partial charge on any atom is 0.177 e. The normalized spacial score (nSPS) is 10.6. The standard InChI is InChI=1S/C11H10N6/c1-2-11-15-14-8-17(11)16-10(1)13-7-9-3-5-12-6-4-9/h1-6,8H,7H2,(H,13,16). The third-order valence-corrected chi connectivity index (χ3v) is 2.38. The van der Waals surface area contributed by atoms with Crippen molar-refractivity contribution in [2.24, 2.45) is 0 Å². The Balaban J connectivity index is 1.76. The fraction of sp³-hybridized carbons (Fsp3) is 0.0909. The molecule has 0 radical (unpaired) electrons. The molecular formula is C11H10N6. The molecule has 0 spiro atoms. The van der Waals surface area contributed by atoms with E-state index in [1.165, 1.54) is 0 Å². The number of anilines is 1. The van der Waals surface area contributed by atoms with E-state index in [9.17, 15) is 0 Å². The molecule has 0 atom stereocenters. The zero-order chi connectivity index (χ0) is 11.5. The largest absolute Gasteiger partial charge is 0.365 e. The van der Waals surface area contributed by atoms with Gasteiger partial charge in [-0.25, -0.2) is 0 Å². The van der Waals surface area contributed by atoms with Crippen molar-refractivity contribution in [3.05, 3.63) is 48.5 Å². The van der Waals surface area contributed by atoms with Crippen LogP contribution < -0.4 is 5.32 Å². The quantitative estimate of drug-likeness (QED) is 0.725. The predicted octanol–water partition coefficient (Wildman–Crippen LogP) is 1.13. The lowest BCUT2D eigenvalue weighted by molar-refractivity contribution is 0.916. The highest BCUT2D eigenvalue weighted by molar-refractivity contribution is 5.43. The number of fused-ring (bicyclic) bond motifs is 1. The minimum Gasteiger partial charge on any atom is -0.365 e. The molecular weight excluding hydrogens is 216 g/mol. The Hall–Kier alpha value is -2.50. The Morgan fingerprint density at radius 3 is 2.88 bits per heavy atom. The van der Waals surface area contributed by atoms with Gasteiger partial charge in [-0.1, -0.05) is 0 Å². The van der Waals surface area contributed by atoms with Gasteiger partial charge in [0.15, 0.2) is 5.65 Å². The van der Waals surface area contributed by atoms with Gasteiger partial charge >= 0.3 is 0 Å². The third-order valence-electron chi connectivity index (χ3n) is 2.38. The summed E-state index contributed by atoms with van der Waals surface area (Å²) in [6.45, 7) is 0.711. The van der Waals surface area contributed by atoms with Crippen LogP contribution in [0.5, 0.6) is 0 Å². The molecule has 1 N–H and O–H groups in total. The Labute approximate surface area is 97.3 Å². The van der Waals surface area contributed by atoms with Gasteiger partial charge in [0.1, 0.15) is 12.1 Å². The molecule has 6 nitrogen and oxygen atoms in total. The molecule has 0 saturated carbocycles. The first-order valence-corrected chi connectivity index (χ1v) is 5.22. The van der Waals surface area contributed by atoms with E-state index in [1.54, 1.807) is 23.2 Å². The molecule has 84 valence electrons. The van der Waals surface area contributed by atoms with Gasteiger partial charge in [-0.3, -0.25) is 4.98 Å². The number of rotatable bonds is 3. The fourth-order valence-corrected chi connectivity index (χ4v) is 1.52. The van der Waals surface area contributed by atoms with Crippen molar-refractivity contribution < 1.29 is 0 Å². The van der Waals surface area contributed by atoms with Crippen LogP contribution in [0.2, 0.25) is 0 Å². The summed E-state index contributed by atoms with van der Waals surface area (Å²) in [7, 11) is 0. The van der Waals surface area contributed by atoms with Crippen LogP contribution in [0.15, 0.2) is 43.0 Å². The van der Waals surface area contributed by atoms with Crippen LogP contribution in [0, 0.1) is 0 Å². The molecule has 3 heterocycles. The lowest BCUT2D eigenvalue weighted by Crippen LogP contribution is -2.03. The minimum atomic E-state index is 0.711. The summed E-state index contributed by atoms with van der Waals surface area (Å²) in [5, 5.41) is 15.2. The summed E-state index contributed by atoms with van der Waals surface area (Å²) < 4.78 is 1.63. The van der Waals surface area contributed by atoms with Gasteiger partial charge in [0.05, 0.1) is 0 Å². The lowest BCUT2D eigenvalue weighted by atomic mass is 10.3. The lowest BCUT2D eigenvalue weighted by Gasteiger charge is -2.04. The van der Waals surface area contributed by atoms with Crippen molar-refractivity contribution in [3.8, 4) is 0 Å². The van der Waals surface area contributed by atoms with E-state index in [0.29, 0.717) is 6.54 Å². The second-order valence-electron chi connectivity index (χ2n) is 3.56. The first-order chi connectivity index (χ1) is 8.42. The number of hydrogen-bond acceptors (Lipinski definition) is 5. The summed E-state index contributed by atoms with van der Waals surface area (Å²) in [5.74, 6) is 0.786. The highest BCUT2D eigenvalue weighted by Crippen LogP contribution is 2.06.